The largest absolute Gasteiger partial charge is 0.325 e. The minimum Gasteiger partial charge on any atom is -0.325 e. The van der Waals surface area contributed by atoms with Gasteiger partial charge in [0.1, 0.15) is 5.01 Å². The van der Waals surface area contributed by atoms with Gasteiger partial charge in [0.25, 0.3) is 0 Å². The lowest BCUT2D eigenvalue weighted by Crippen LogP contribution is -1.95. The monoisotopic (exact) mass is 218 g/mol. The van der Waals surface area contributed by atoms with Crippen LogP contribution in [0.2, 0.25) is 0 Å². The van der Waals surface area contributed by atoms with E-state index in [1.807, 2.05) is 0 Å². The fraction of sp³-hybridized carbons (Fsp3) is 0.250. The summed E-state index contributed by atoms with van der Waals surface area (Å²) in [5, 5.41) is 3.07. The molecule has 0 unspecified atom stereocenters. The average molecular weight is 218 g/mol. The lowest BCUT2D eigenvalue weighted by atomic mass is 10.0. The Morgan fingerprint density at radius 1 is 1.27 bits per heavy atom. The van der Waals surface area contributed by atoms with Crippen LogP contribution in [0.15, 0.2) is 23.6 Å². The van der Waals surface area contributed by atoms with Crippen LogP contribution in [-0.4, -0.2) is 4.98 Å². The third-order valence-electron chi connectivity index (χ3n) is 2.46. The Kier molecular flexibility index (Phi) is 2.84. The van der Waals surface area contributed by atoms with Crippen LogP contribution in [0.3, 0.4) is 0 Å². The smallest absolute Gasteiger partial charge is 0.107 e. The Labute approximate surface area is 93.8 Å². The summed E-state index contributed by atoms with van der Waals surface area (Å²) >= 11 is 1.63. The third-order valence-corrected chi connectivity index (χ3v) is 3.33. The molecule has 0 saturated heterocycles. The van der Waals surface area contributed by atoms with Gasteiger partial charge < -0.3 is 5.73 Å². The van der Waals surface area contributed by atoms with Gasteiger partial charge >= 0.3 is 0 Å². The van der Waals surface area contributed by atoms with E-state index >= 15 is 0 Å². The molecule has 0 amide bonds. The van der Waals surface area contributed by atoms with E-state index in [-0.39, 0.29) is 0 Å². The molecule has 0 bridgehead atoms. The molecule has 0 saturated carbocycles. The second kappa shape index (κ2) is 4.13. The highest BCUT2D eigenvalue weighted by atomic mass is 32.1. The molecule has 2 rings (SSSR count). The molecule has 15 heavy (non-hydrogen) atoms. The van der Waals surface area contributed by atoms with Crippen LogP contribution < -0.4 is 5.73 Å². The first-order valence-corrected chi connectivity index (χ1v) is 5.81. The maximum atomic E-state index is 5.57. The number of hydrogen-bond acceptors (Lipinski definition) is 3. The highest BCUT2D eigenvalue weighted by Gasteiger charge is 2.08. The lowest BCUT2D eigenvalue weighted by Gasteiger charge is -2.05. The zero-order valence-electron chi connectivity index (χ0n) is 8.95. The zero-order chi connectivity index (χ0) is 10.8. The van der Waals surface area contributed by atoms with Gasteiger partial charge in [0.2, 0.25) is 0 Å². The van der Waals surface area contributed by atoms with Crippen molar-refractivity contribution < 1.29 is 0 Å². The third kappa shape index (κ3) is 1.94. The van der Waals surface area contributed by atoms with Crippen molar-refractivity contribution in [3.05, 3.63) is 39.7 Å². The molecular weight excluding hydrogens is 204 g/mol. The second-order valence-electron chi connectivity index (χ2n) is 3.60. The van der Waals surface area contributed by atoms with Crippen molar-refractivity contribution in [2.45, 2.75) is 20.4 Å². The van der Waals surface area contributed by atoms with E-state index in [2.05, 4.69) is 42.4 Å². The number of aromatic nitrogens is 1. The standard InChI is InChI=1S/C12H14N2S/c1-8-4-3-5-9(2)12(8)10-7-15-11(6-13)14-10/h3-5,7H,6,13H2,1-2H3. The molecule has 0 aliphatic carbocycles. The highest BCUT2D eigenvalue weighted by molar-refractivity contribution is 7.09. The minimum atomic E-state index is 0.523. The zero-order valence-corrected chi connectivity index (χ0v) is 9.77. The molecule has 0 aliphatic rings. The quantitative estimate of drug-likeness (QED) is 0.841. The van der Waals surface area contributed by atoms with Crippen LogP contribution in [0.4, 0.5) is 0 Å². The second-order valence-corrected chi connectivity index (χ2v) is 4.54. The lowest BCUT2D eigenvalue weighted by molar-refractivity contribution is 1.04. The Bertz CT molecular complexity index is 454. The summed E-state index contributed by atoms with van der Waals surface area (Å²) in [6.07, 6.45) is 0. The topological polar surface area (TPSA) is 38.9 Å². The van der Waals surface area contributed by atoms with Gasteiger partial charge in [-0.1, -0.05) is 18.2 Å². The molecule has 78 valence electrons. The molecule has 0 radical (unpaired) electrons. The van der Waals surface area contributed by atoms with Crippen molar-refractivity contribution >= 4 is 11.3 Å². The molecule has 1 heterocycles. The summed E-state index contributed by atoms with van der Waals surface area (Å²) in [5.74, 6) is 0. The summed E-state index contributed by atoms with van der Waals surface area (Å²) in [4.78, 5) is 4.51. The molecule has 2 aromatic rings. The van der Waals surface area contributed by atoms with E-state index in [4.69, 9.17) is 5.73 Å². The Morgan fingerprint density at radius 2 is 1.93 bits per heavy atom. The maximum Gasteiger partial charge on any atom is 0.107 e. The number of nitrogens with zero attached hydrogens (tertiary/aromatic N) is 1. The van der Waals surface area contributed by atoms with E-state index in [1.54, 1.807) is 11.3 Å². The predicted octanol–water partition coefficient (Wildman–Crippen LogP) is 2.89. The summed E-state index contributed by atoms with van der Waals surface area (Å²) in [6.45, 7) is 4.75. The van der Waals surface area contributed by atoms with Crippen LogP contribution in [0.25, 0.3) is 11.3 Å². The van der Waals surface area contributed by atoms with Gasteiger partial charge in [-0.2, -0.15) is 0 Å². The van der Waals surface area contributed by atoms with Crippen molar-refractivity contribution in [3.63, 3.8) is 0 Å². The molecule has 1 aromatic carbocycles. The number of rotatable bonds is 2. The molecule has 0 atom stereocenters. The molecule has 2 N–H and O–H groups in total. The van der Waals surface area contributed by atoms with Gasteiger partial charge in [0.15, 0.2) is 0 Å². The van der Waals surface area contributed by atoms with Crippen LogP contribution in [-0.2, 0) is 6.54 Å². The SMILES string of the molecule is Cc1cccc(C)c1-c1csc(CN)n1. The number of aryl methyl sites for hydroxylation is 2. The van der Waals surface area contributed by atoms with Crippen molar-refractivity contribution in [2.75, 3.05) is 0 Å². The van der Waals surface area contributed by atoms with Crippen molar-refractivity contribution in [1.29, 1.82) is 0 Å². The van der Waals surface area contributed by atoms with Crippen molar-refractivity contribution in [1.82, 2.24) is 4.98 Å². The highest BCUT2D eigenvalue weighted by Crippen LogP contribution is 2.27. The number of nitrogens with two attached hydrogens (primary N) is 1. The van der Waals surface area contributed by atoms with Crippen molar-refractivity contribution in [3.8, 4) is 11.3 Å². The first-order valence-electron chi connectivity index (χ1n) is 4.93. The van der Waals surface area contributed by atoms with Gasteiger partial charge in [0, 0.05) is 17.5 Å². The Balaban J connectivity index is 2.53. The van der Waals surface area contributed by atoms with Gasteiger partial charge in [0.05, 0.1) is 5.69 Å². The number of hydrogen-bond donors (Lipinski definition) is 1. The summed E-state index contributed by atoms with van der Waals surface area (Å²) < 4.78 is 0. The van der Waals surface area contributed by atoms with Gasteiger partial charge in [-0.3, -0.25) is 0 Å². The molecule has 1 aromatic heterocycles. The van der Waals surface area contributed by atoms with Crippen LogP contribution in [0, 0.1) is 13.8 Å². The van der Waals surface area contributed by atoms with E-state index in [0.29, 0.717) is 6.54 Å². The summed E-state index contributed by atoms with van der Waals surface area (Å²) in [6, 6.07) is 6.30. The summed E-state index contributed by atoms with van der Waals surface area (Å²) in [5.41, 5.74) is 10.4. The first kappa shape index (κ1) is 10.3. The van der Waals surface area contributed by atoms with E-state index < -0.39 is 0 Å². The fourth-order valence-corrected chi connectivity index (χ4v) is 2.40. The summed E-state index contributed by atoms with van der Waals surface area (Å²) in [7, 11) is 0. The molecule has 0 fully saturated rings. The van der Waals surface area contributed by atoms with E-state index in [0.717, 1.165) is 10.7 Å². The molecule has 3 heteroatoms. The number of thiazole rings is 1. The van der Waals surface area contributed by atoms with Gasteiger partial charge in [-0.25, -0.2) is 4.98 Å². The Morgan fingerprint density at radius 3 is 2.47 bits per heavy atom. The van der Waals surface area contributed by atoms with Crippen LogP contribution in [0.5, 0.6) is 0 Å². The van der Waals surface area contributed by atoms with Crippen LogP contribution in [0.1, 0.15) is 16.1 Å². The first-order chi connectivity index (χ1) is 7.22. The number of benzene rings is 1. The maximum absolute atomic E-state index is 5.57. The Hall–Kier alpha value is -1.19. The van der Waals surface area contributed by atoms with E-state index in [1.165, 1.54) is 16.7 Å². The molecule has 2 nitrogen and oxygen atoms in total. The average Bonchev–Trinajstić information content (AvgIpc) is 2.66. The fourth-order valence-electron chi connectivity index (χ4n) is 1.74. The minimum absolute atomic E-state index is 0.523. The predicted molar refractivity (Wildman–Crippen MR) is 64.9 cm³/mol. The van der Waals surface area contributed by atoms with Gasteiger partial charge in [-0.05, 0) is 25.0 Å². The molecule has 0 aliphatic heterocycles. The van der Waals surface area contributed by atoms with Gasteiger partial charge in [-0.15, -0.1) is 11.3 Å². The van der Waals surface area contributed by atoms with Crippen LogP contribution >= 0.6 is 11.3 Å². The molecular formula is C12H14N2S. The van der Waals surface area contributed by atoms with Crippen molar-refractivity contribution in [2.24, 2.45) is 5.73 Å². The molecule has 0 spiro atoms. The van der Waals surface area contributed by atoms with E-state index in [9.17, 15) is 0 Å². The normalized spacial score (nSPS) is 10.6.